The fraction of sp³-hybridized carbons (Fsp3) is 0.0909. The molecule has 0 N–H and O–H groups in total. The number of carbonyl (C=O) groups excluding carboxylic acids is 1. The molecule has 128 valence electrons. The fourth-order valence-electron chi connectivity index (χ4n) is 3.34. The Morgan fingerprint density at radius 1 is 0.962 bits per heavy atom. The summed E-state index contributed by atoms with van der Waals surface area (Å²) in [6, 6.07) is 18.7. The van der Waals surface area contributed by atoms with Gasteiger partial charge in [-0.15, -0.1) is 0 Å². The maximum absolute atomic E-state index is 12.6. The van der Waals surface area contributed by atoms with Gasteiger partial charge in [-0.2, -0.15) is 0 Å². The minimum atomic E-state index is -0.384. The van der Waals surface area contributed by atoms with Gasteiger partial charge in [-0.05, 0) is 47.0 Å². The van der Waals surface area contributed by atoms with E-state index in [1.165, 1.54) is 6.92 Å². The SMILES string of the molecule is CC(=O)Oc1ccc(-c2c(C)c3c(ccc4ccccc43)oc2=O)cc1. The van der Waals surface area contributed by atoms with E-state index in [-0.39, 0.29) is 11.6 Å². The Labute approximate surface area is 149 Å². The van der Waals surface area contributed by atoms with E-state index in [2.05, 4.69) is 0 Å². The summed E-state index contributed by atoms with van der Waals surface area (Å²) >= 11 is 0. The third-order valence-corrected chi connectivity index (χ3v) is 4.45. The molecule has 0 aliphatic heterocycles. The van der Waals surface area contributed by atoms with Crippen molar-refractivity contribution in [2.75, 3.05) is 0 Å². The highest BCUT2D eigenvalue weighted by atomic mass is 16.5. The lowest BCUT2D eigenvalue weighted by Gasteiger charge is -2.11. The van der Waals surface area contributed by atoms with Gasteiger partial charge in [0.05, 0.1) is 5.56 Å². The highest BCUT2D eigenvalue weighted by Gasteiger charge is 2.15. The number of rotatable bonds is 2. The van der Waals surface area contributed by atoms with Crippen molar-refractivity contribution in [3.63, 3.8) is 0 Å². The lowest BCUT2D eigenvalue weighted by atomic mass is 9.96. The van der Waals surface area contributed by atoms with Gasteiger partial charge in [0.2, 0.25) is 0 Å². The summed E-state index contributed by atoms with van der Waals surface area (Å²) in [4.78, 5) is 23.7. The number of carbonyl (C=O) groups is 1. The molecule has 0 bridgehead atoms. The summed E-state index contributed by atoms with van der Waals surface area (Å²) in [6.07, 6.45) is 0. The van der Waals surface area contributed by atoms with Crippen LogP contribution >= 0.6 is 0 Å². The Morgan fingerprint density at radius 3 is 2.42 bits per heavy atom. The first kappa shape index (κ1) is 16.1. The van der Waals surface area contributed by atoms with Crippen LogP contribution in [0.5, 0.6) is 5.75 Å². The van der Waals surface area contributed by atoms with Crippen molar-refractivity contribution in [1.82, 2.24) is 0 Å². The number of benzene rings is 3. The van der Waals surface area contributed by atoms with Crippen molar-refractivity contribution in [3.05, 3.63) is 76.6 Å². The number of esters is 1. The van der Waals surface area contributed by atoms with Crippen molar-refractivity contribution in [1.29, 1.82) is 0 Å². The predicted octanol–water partition coefficient (Wildman–Crippen LogP) is 4.85. The van der Waals surface area contributed by atoms with E-state index in [1.54, 1.807) is 24.3 Å². The molecule has 0 fully saturated rings. The Kier molecular flexibility index (Phi) is 3.81. The van der Waals surface area contributed by atoms with Crippen LogP contribution in [0, 0.1) is 6.92 Å². The van der Waals surface area contributed by atoms with Gasteiger partial charge in [0.1, 0.15) is 11.3 Å². The average Bonchev–Trinajstić information content (AvgIpc) is 2.62. The fourth-order valence-corrected chi connectivity index (χ4v) is 3.34. The van der Waals surface area contributed by atoms with Crippen LogP contribution in [0.2, 0.25) is 0 Å². The monoisotopic (exact) mass is 344 g/mol. The molecule has 0 saturated carbocycles. The number of aryl methyl sites for hydroxylation is 1. The molecule has 0 aliphatic rings. The summed E-state index contributed by atoms with van der Waals surface area (Å²) < 4.78 is 10.6. The molecule has 0 amide bonds. The maximum atomic E-state index is 12.6. The minimum Gasteiger partial charge on any atom is -0.427 e. The molecular formula is C22H16O4. The van der Waals surface area contributed by atoms with Crippen LogP contribution in [0.4, 0.5) is 0 Å². The van der Waals surface area contributed by atoms with Crippen LogP contribution in [0.1, 0.15) is 12.5 Å². The highest BCUT2D eigenvalue weighted by molar-refractivity contribution is 6.08. The van der Waals surface area contributed by atoms with E-state index >= 15 is 0 Å². The van der Waals surface area contributed by atoms with E-state index in [1.807, 2.05) is 43.3 Å². The first-order valence-corrected chi connectivity index (χ1v) is 8.28. The largest absolute Gasteiger partial charge is 0.427 e. The van der Waals surface area contributed by atoms with Crippen LogP contribution in [0.25, 0.3) is 32.9 Å². The average molecular weight is 344 g/mol. The second-order valence-electron chi connectivity index (χ2n) is 6.17. The molecule has 1 aromatic heterocycles. The molecule has 4 rings (SSSR count). The van der Waals surface area contributed by atoms with Crippen molar-refractivity contribution in [2.24, 2.45) is 0 Å². The van der Waals surface area contributed by atoms with Crippen LogP contribution in [-0.4, -0.2) is 5.97 Å². The molecule has 0 spiro atoms. The molecule has 3 aromatic carbocycles. The van der Waals surface area contributed by atoms with E-state index in [4.69, 9.17) is 9.15 Å². The third kappa shape index (κ3) is 2.65. The van der Waals surface area contributed by atoms with Gasteiger partial charge in [-0.25, -0.2) is 4.79 Å². The lowest BCUT2D eigenvalue weighted by Crippen LogP contribution is -2.06. The van der Waals surface area contributed by atoms with Crippen LogP contribution in [0.3, 0.4) is 0 Å². The molecule has 0 atom stereocenters. The Bertz CT molecular complexity index is 1200. The molecule has 4 nitrogen and oxygen atoms in total. The molecule has 4 heteroatoms. The van der Waals surface area contributed by atoms with Crippen molar-refractivity contribution < 1.29 is 13.9 Å². The van der Waals surface area contributed by atoms with Gasteiger partial charge in [-0.1, -0.05) is 42.5 Å². The molecule has 0 aliphatic carbocycles. The zero-order chi connectivity index (χ0) is 18.3. The van der Waals surface area contributed by atoms with Crippen LogP contribution < -0.4 is 10.4 Å². The van der Waals surface area contributed by atoms with Gasteiger partial charge < -0.3 is 9.15 Å². The molecule has 0 saturated heterocycles. The number of ether oxygens (including phenoxy) is 1. The minimum absolute atomic E-state index is 0.384. The maximum Gasteiger partial charge on any atom is 0.344 e. The summed E-state index contributed by atoms with van der Waals surface area (Å²) in [7, 11) is 0. The molecule has 1 heterocycles. The normalized spacial score (nSPS) is 11.0. The molecule has 26 heavy (non-hydrogen) atoms. The number of hydrogen-bond donors (Lipinski definition) is 0. The van der Waals surface area contributed by atoms with Gasteiger partial charge in [0, 0.05) is 12.3 Å². The van der Waals surface area contributed by atoms with Crippen molar-refractivity contribution in [2.45, 2.75) is 13.8 Å². The summed E-state index contributed by atoms with van der Waals surface area (Å²) in [6.45, 7) is 3.28. The number of hydrogen-bond acceptors (Lipinski definition) is 4. The summed E-state index contributed by atoms with van der Waals surface area (Å²) in [5, 5.41) is 3.07. The van der Waals surface area contributed by atoms with E-state index in [9.17, 15) is 9.59 Å². The van der Waals surface area contributed by atoms with Crippen LogP contribution in [-0.2, 0) is 4.79 Å². The predicted molar refractivity (Wildman–Crippen MR) is 101 cm³/mol. The van der Waals surface area contributed by atoms with E-state index < -0.39 is 0 Å². The third-order valence-electron chi connectivity index (χ3n) is 4.45. The molecule has 0 radical (unpaired) electrons. The zero-order valence-electron chi connectivity index (χ0n) is 14.4. The second kappa shape index (κ2) is 6.15. The smallest absolute Gasteiger partial charge is 0.344 e. The molecular weight excluding hydrogens is 328 g/mol. The standard InChI is InChI=1S/C22H16O4/c1-13-20(16-7-10-17(11-8-16)25-14(2)23)22(24)26-19-12-9-15-5-3-4-6-18(15)21(13)19/h3-12H,1-2H3. The van der Waals surface area contributed by atoms with Crippen molar-refractivity contribution in [3.8, 4) is 16.9 Å². The summed E-state index contributed by atoms with van der Waals surface area (Å²) in [5.74, 6) is 0.0557. The van der Waals surface area contributed by atoms with Gasteiger partial charge in [0.15, 0.2) is 0 Å². The van der Waals surface area contributed by atoms with Crippen molar-refractivity contribution >= 4 is 27.7 Å². The Balaban J connectivity index is 1.96. The second-order valence-corrected chi connectivity index (χ2v) is 6.17. The number of fused-ring (bicyclic) bond motifs is 3. The first-order valence-electron chi connectivity index (χ1n) is 8.28. The Morgan fingerprint density at radius 2 is 1.69 bits per heavy atom. The summed E-state index contributed by atoms with van der Waals surface area (Å²) in [5.41, 5.74) is 2.30. The quantitative estimate of drug-likeness (QED) is 0.226. The first-order chi connectivity index (χ1) is 12.5. The zero-order valence-corrected chi connectivity index (χ0v) is 14.4. The topological polar surface area (TPSA) is 56.5 Å². The van der Waals surface area contributed by atoms with E-state index in [0.29, 0.717) is 16.9 Å². The molecule has 4 aromatic rings. The van der Waals surface area contributed by atoms with E-state index in [0.717, 1.165) is 27.3 Å². The Hall–Kier alpha value is -3.40. The van der Waals surface area contributed by atoms with Gasteiger partial charge in [-0.3, -0.25) is 4.79 Å². The molecule has 0 unspecified atom stereocenters. The lowest BCUT2D eigenvalue weighted by molar-refractivity contribution is -0.131. The van der Waals surface area contributed by atoms with Gasteiger partial charge >= 0.3 is 11.6 Å². The van der Waals surface area contributed by atoms with Crippen LogP contribution in [0.15, 0.2) is 69.9 Å². The van der Waals surface area contributed by atoms with Gasteiger partial charge in [0.25, 0.3) is 0 Å². The highest BCUT2D eigenvalue weighted by Crippen LogP contribution is 2.32.